The zero-order chi connectivity index (χ0) is 22.4. The van der Waals surface area contributed by atoms with E-state index in [0.29, 0.717) is 5.69 Å². The smallest absolute Gasteiger partial charge is 0.326 e. The summed E-state index contributed by atoms with van der Waals surface area (Å²) in [5.74, 6) is -0.941. The van der Waals surface area contributed by atoms with Crippen LogP contribution in [0.5, 0.6) is 0 Å². The first-order valence-corrected chi connectivity index (χ1v) is 10.8. The molecule has 0 bridgehead atoms. The number of benzene rings is 1. The number of carbonyl (C=O) groups excluding carboxylic acids is 1. The van der Waals surface area contributed by atoms with Gasteiger partial charge in [0.1, 0.15) is 0 Å². The molecule has 1 N–H and O–H groups in total. The summed E-state index contributed by atoms with van der Waals surface area (Å²) in [7, 11) is 0.150. The molecule has 0 aliphatic heterocycles. The van der Waals surface area contributed by atoms with Crippen molar-refractivity contribution in [3.63, 3.8) is 0 Å². The Morgan fingerprint density at radius 1 is 1.07 bits per heavy atom. The molecular formula is C19H23N5O5S. The number of imidazole rings is 1. The van der Waals surface area contributed by atoms with Gasteiger partial charge in [-0.3, -0.25) is 18.7 Å². The number of aromatic nitrogens is 4. The van der Waals surface area contributed by atoms with E-state index in [2.05, 4.69) is 10.3 Å². The zero-order valence-electron chi connectivity index (χ0n) is 17.4. The fourth-order valence-electron chi connectivity index (χ4n) is 3.24. The lowest BCUT2D eigenvalue weighted by Crippen LogP contribution is -2.37. The van der Waals surface area contributed by atoms with Gasteiger partial charge in [-0.05, 0) is 31.0 Å². The van der Waals surface area contributed by atoms with Crippen LogP contribution >= 0.6 is 0 Å². The van der Waals surface area contributed by atoms with Crippen LogP contribution in [0.1, 0.15) is 17.5 Å². The molecule has 0 radical (unpaired) electrons. The molecule has 0 fully saturated rings. The van der Waals surface area contributed by atoms with Gasteiger partial charge in [0, 0.05) is 33.3 Å². The summed E-state index contributed by atoms with van der Waals surface area (Å²) in [5, 5.41) is 2.35. The number of aryl methyl sites for hydroxylation is 4. The van der Waals surface area contributed by atoms with Crippen molar-refractivity contribution in [1.82, 2.24) is 18.7 Å². The molecule has 160 valence electrons. The minimum Gasteiger partial charge on any atom is -0.326 e. The van der Waals surface area contributed by atoms with E-state index in [1.165, 1.54) is 25.7 Å². The molecule has 0 aliphatic rings. The van der Waals surface area contributed by atoms with Crippen LogP contribution in [0.4, 0.5) is 5.69 Å². The standard InChI is InChI=1S/C19H23N5O5S/c1-11-6-7-12(2)13(10-11)20-14(25)8-9-30(28,29)18-21-15-16(22(18)3)23(4)19(27)24(5)17(15)26/h6-7,10H,8-9H2,1-5H3,(H,20,25). The van der Waals surface area contributed by atoms with Gasteiger partial charge in [0.25, 0.3) is 5.56 Å². The summed E-state index contributed by atoms with van der Waals surface area (Å²) >= 11 is 0. The van der Waals surface area contributed by atoms with Gasteiger partial charge < -0.3 is 9.88 Å². The van der Waals surface area contributed by atoms with Gasteiger partial charge in [0.05, 0.1) is 5.75 Å². The molecule has 2 aromatic heterocycles. The Kier molecular flexibility index (Phi) is 5.42. The Bertz CT molecular complexity index is 1400. The maximum atomic E-state index is 12.8. The first-order chi connectivity index (χ1) is 13.9. The number of sulfone groups is 1. The summed E-state index contributed by atoms with van der Waals surface area (Å²) in [4.78, 5) is 40.8. The first kappa shape index (κ1) is 21.5. The second-order valence-corrected chi connectivity index (χ2v) is 9.27. The molecule has 2 heterocycles. The minimum absolute atomic E-state index is 0.0986. The first-order valence-electron chi connectivity index (χ1n) is 9.16. The molecule has 3 aromatic rings. The van der Waals surface area contributed by atoms with E-state index in [0.717, 1.165) is 20.3 Å². The van der Waals surface area contributed by atoms with E-state index in [9.17, 15) is 22.8 Å². The lowest BCUT2D eigenvalue weighted by atomic mass is 10.1. The van der Waals surface area contributed by atoms with Gasteiger partial charge >= 0.3 is 5.69 Å². The maximum Gasteiger partial charge on any atom is 0.332 e. The van der Waals surface area contributed by atoms with Gasteiger partial charge in [-0.1, -0.05) is 12.1 Å². The quantitative estimate of drug-likeness (QED) is 0.621. The van der Waals surface area contributed by atoms with Gasteiger partial charge in [-0.15, -0.1) is 0 Å². The lowest BCUT2D eigenvalue weighted by Gasteiger charge is -2.10. The van der Waals surface area contributed by atoms with E-state index >= 15 is 0 Å². The summed E-state index contributed by atoms with van der Waals surface area (Å²) in [6.07, 6.45) is -0.282. The maximum absolute atomic E-state index is 12.8. The number of rotatable bonds is 5. The molecule has 3 rings (SSSR count). The van der Waals surface area contributed by atoms with Crippen LogP contribution in [0.25, 0.3) is 11.2 Å². The summed E-state index contributed by atoms with van der Waals surface area (Å²) in [6, 6.07) is 5.59. The Morgan fingerprint density at radius 3 is 2.40 bits per heavy atom. The molecule has 0 aliphatic carbocycles. The number of nitrogens with one attached hydrogen (secondary N) is 1. The van der Waals surface area contributed by atoms with E-state index in [1.54, 1.807) is 0 Å². The van der Waals surface area contributed by atoms with Crippen LogP contribution < -0.4 is 16.6 Å². The van der Waals surface area contributed by atoms with Crippen molar-refractivity contribution in [2.75, 3.05) is 11.1 Å². The number of fused-ring (bicyclic) bond motifs is 1. The molecular weight excluding hydrogens is 410 g/mol. The molecule has 1 amide bonds. The Hall–Kier alpha value is -3.21. The summed E-state index contributed by atoms with van der Waals surface area (Å²) in [6.45, 7) is 3.74. The molecule has 0 spiro atoms. The predicted molar refractivity (Wildman–Crippen MR) is 112 cm³/mol. The van der Waals surface area contributed by atoms with Gasteiger partial charge in [-0.2, -0.15) is 0 Å². The number of hydrogen-bond acceptors (Lipinski definition) is 6. The number of amides is 1. The number of anilines is 1. The number of carbonyl (C=O) groups is 1. The van der Waals surface area contributed by atoms with E-state index in [1.807, 2.05) is 32.0 Å². The normalized spacial score (nSPS) is 11.8. The fraction of sp³-hybridized carbons (Fsp3) is 0.368. The highest BCUT2D eigenvalue weighted by Gasteiger charge is 2.26. The molecule has 1 aromatic carbocycles. The third-order valence-electron chi connectivity index (χ3n) is 4.97. The minimum atomic E-state index is -3.99. The summed E-state index contributed by atoms with van der Waals surface area (Å²) < 4.78 is 28.9. The third-order valence-corrected chi connectivity index (χ3v) is 6.63. The second kappa shape index (κ2) is 7.56. The van der Waals surface area contributed by atoms with Crippen LogP contribution in [-0.2, 0) is 35.8 Å². The molecule has 0 saturated heterocycles. The van der Waals surface area contributed by atoms with Crippen molar-refractivity contribution in [3.05, 3.63) is 50.2 Å². The highest BCUT2D eigenvalue weighted by molar-refractivity contribution is 7.91. The highest BCUT2D eigenvalue weighted by atomic mass is 32.2. The molecule has 0 unspecified atom stereocenters. The highest BCUT2D eigenvalue weighted by Crippen LogP contribution is 2.18. The van der Waals surface area contributed by atoms with Crippen molar-refractivity contribution in [1.29, 1.82) is 0 Å². The average molecular weight is 433 g/mol. The Balaban J connectivity index is 1.89. The van der Waals surface area contributed by atoms with Gasteiger partial charge in [0.15, 0.2) is 11.2 Å². The van der Waals surface area contributed by atoms with Gasteiger partial charge in [-0.25, -0.2) is 18.2 Å². The Morgan fingerprint density at radius 2 is 1.73 bits per heavy atom. The van der Waals surface area contributed by atoms with Gasteiger partial charge in [0.2, 0.25) is 20.9 Å². The van der Waals surface area contributed by atoms with Crippen LogP contribution in [-0.4, -0.2) is 38.8 Å². The van der Waals surface area contributed by atoms with Crippen molar-refractivity contribution in [2.24, 2.45) is 21.1 Å². The largest absolute Gasteiger partial charge is 0.332 e. The lowest BCUT2D eigenvalue weighted by molar-refractivity contribution is -0.115. The van der Waals surface area contributed by atoms with Crippen LogP contribution in [0.15, 0.2) is 32.9 Å². The molecule has 0 saturated carbocycles. The number of hydrogen-bond donors (Lipinski definition) is 1. The van der Waals surface area contributed by atoms with Crippen molar-refractivity contribution in [2.45, 2.75) is 25.4 Å². The van der Waals surface area contributed by atoms with E-state index in [4.69, 9.17) is 0 Å². The summed E-state index contributed by atoms with van der Waals surface area (Å²) in [5.41, 5.74) is 1.16. The fourth-order valence-corrected chi connectivity index (χ4v) is 4.61. The Labute approximate surface area is 172 Å². The molecule has 0 atom stereocenters. The number of nitrogens with zero attached hydrogens (tertiary/aromatic N) is 4. The topological polar surface area (TPSA) is 125 Å². The zero-order valence-corrected chi connectivity index (χ0v) is 18.2. The van der Waals surface area contributed by atoms with Crippen LogP contribution in [0, 0.1) is 13.8 Å². The molecule has 10 nitrogen and oxygen atoms in total. The second-order valence-electron chi connectivity index (χ2n) is 7.27. The van der Waals surface area contributed by atoms with Crippen LogP contribution in [0.3, 0.4) is 0 Å². The third kappa shape index (κ3) is 3.67. The van der Waals surface area contributed by atoms with Crippen molar-refractivity contribution < 1.29 is 13.2 Å². The van der Waals surface area contributed by atoms with E-state index in [-0.39, 0.29) is 22.7 Å². The van der Waals surface area contributed by atoms with Crippen molar-refractivity contribution in [3.8, 4) is 0 Å². The molecule has 30 heavy (non-hydrogen) atoms. The predicted octanol–water partition coefficient (Wildman–Crippen LogP) is 0.390. The van der Waals surface area contributed by atoms with Crippen molar-refractivity contribution >= 4 is 32.6 Å². The monoisotopic (exact) mass is 433 g/mol. The SMILES string of the molecule is Cc1ccc(C)c(NC(=O)CCS(=O)(=O)c2nc3c(=O)n(C)c(=O)n(C)c3n2C)c1. The molecule has 11 heteroatoms. The average Bonchev–Trinajstić information content (AvgIpc) is 3.04. The van der Waals surface area contributed by atoms with Crippen LogP contribution in [0.2, 0.25) is 0 Å². The van der Waals surface area contributed by atoms with E-state index < -0.39 is 32.7 Å².